The van der Waals surface area contributed by atoms with E-state index in [1.54, 1.807) is 18.3 Å². The van der Waals surface area contributed by atoms with Gasteiger partial charge in [-0.05, 0) is 17.7 Å². The minimum absolute atomic E-state index is 0.0576. The van der Waals surface area contributed by atoms with Crippen LogP contribution in [0, 0.1) is 0 Å². The minimum Gasteiger partial charge on any atom is -0.366 e. The normalized spacial score (nSPS) is 10.1. The van der Waals surface area contributed by atoms with Crippen LogP contribution in [-0.4, -0.2) is 23.3 Å². The van der Waals surface area contributed by atoms with Crippen molar-refractivity contribution < 1.29 is 9.59 Å². The average molecular weight is 283 g/mol. The van der Waals surface area contributed by atoms with Gasteiger partial charge >= 0.3 is 0 Å². The summed E-state index contributed by atoms with van der Waals surface area (Å²) in [6.45, 7) is 0.420. The zero-order chi connectivity index (χ0) is 15.1. The van der Waals surface area contributed by atoms with E-state index in [2.05, 4.69) is 10.3 Å². The third-order valence-electron chi connectivity index (χ3n) is 3.05. The lowest BCUT2D eigenvalue weighted by Crippen LogP contribution is -2.28. The number of primary amides is 1. The quantitative estimate of drug-likeness (QED) is 0.832. The highest BCUT2D eigenvalue weighted by atomic mass is 16.1. The smallest absolute Gasteiger partial charge is 0.250 e. The Bertz CT molecular complexity index is 626. The molecule has 108 valence electrons. The van der Waals surface area contributed by atoms with Crippen LogP contribution in [0.15, 0.2) is 48.7 Å². The van der Waals surface area contributed by atoms with Crippen molar-refractivity contribution in [1.29, 1.82) is 0 Å². The molecule has 1 heterocycles. The Morgan fingerprint density at radius 3 is 2.57 bits per heavy atom. The van der Waals surface area contributed by atoms with E-state index in [9.17, 15) is 9.59 Å². The highest BCUT2D eigenvalue weighted by Gasteiger charge is 2.09. The van der Waals surface area contributed by atoms with Crippen molar-refractivity contribution in [2.75, 3.05) is 6.54 Å². The fraction of sp³-hybridized carbons (Fsp3) is 0.188. The van der Waals surface area contributed by atoms with Crippen molar-refractivity contribution in [3.8, 4) is 0 Å². The molecule has 0 aliphatic carbocycles. The number of carbonyl (C=O) groups is 2. The molecular weight excluding hydrogens is 266 g/mol. The summed E-state index contributed by atoms with van der Waals surface area (Å²) in [6, 6.07) is 12.8. The number of nitrogens with zero attached hydrogens (tertiary/aromatic N) is 1. The number of aromatic nitrogens is 1. The van der Waals surface area contributed by atoms with Crippen LogP contribution in [0.1, 0.15) is 21.6 Å². The summed E-state index contributed by atoms with van der Waals surface area (Å²) in [5.41, 5.74) is 7.25. The first-order valence-electron chi connectivity index (χ1n) is 6.71. The fourth-order valence-corrected chi connectivity index (χ4v) is 2.03. The predicted octanol–water partition coefficient (Wildman–Crippen LogP) is 1.08. The number of amides is 2. The standard InChI is InChI=1S/C16H17N3O2/c17-16(21)13-7-4-9-18-14(13)8-10-19-15(20)11-12-5-2-1-3-6-12/h1-7,9H,8,10-11H2,(H2,17,21)(H,19,20). The lowest BCUT2D eigenvalue weighted by atomic mass is 10.1. The van der Waals surface area contributed by atoms with Gasteiger partial charge in [0.2, 0.25) is 5.91 Å². The Labute approximate surface area is 123 Å². The largest absolute Gasteiger partial charge is 0.366 e. The summed E-state index contributed by atoms with van der Waals surface area (Å²) in [5, 5.41) is 2.81. The Kier molecular flexibility index (Phi) is 5.04. The van der Waals surface area contributed by atoms with Gasteiger partial charge in [0.1, 0.15) is 0 Å². The fourth-order valence-electron chi connectivity index (χ4n) is 2.03. The van der Waals surface area contributed by atoms with E-state index in [0.29, 0.717) is 30.6 Å². The monoisotopic (exact) mass is 283 g/mol. The van der Waals surface area contributed by atoms with E-state index in [1.807, 2.05) is 30.3 Å². The molecule has 0 radical (unpaired) electrons. The van der Waals surface area contributed by atoms with Crippen molar-refractivity contribution in [1.82, 2.24) is 10.3 Å². The van der Waals surface area contributed by atoms with Crippen molar-refractivity contribution in [3.63, 3.8) is 0 Å². The zero-order valence-corrected chi connectivity index (χ0v) is 11.6. The van der Waals surface area contributed by atoms with Gasteiger partial charge in [-0.1, -0.05) is 30.3 Å². The first-order valence-corrected chi connectivity index (χ1v) is 6.71. The summed E-state index contributed by atoms with van der Waals surface area (Å²) in [6.07, 6.45) is 2.42. The molecule has 0 aliphatic rings. The maximum atomic E-state index is 11.8. The summed E-state index contributed by atoms with van der Waals surface area (Å²) >= 11 is 0. The third-order valence-corrected chi connectivity index (χ3v) is 3.05. The number of carbonyl (C=O) groups excluding carboxylic acids is 2. The molecule has 2 aromatic rings. The molecule has 1 aromatic heterocycles. The van der Waals surface area contributed by atoms with Gasteiger partial charge in [0.15, 0.2) is 0 Å². The molecule has 0 atom stereocenters. The summed E-state index contributed by atoms with van der Waals surface area (Å²) in [7, 11) is 0. The van der Waals surface area contributed by atoms with Crippen molar-refractivity contribution in [2.45, 2.75) is 12.8 Å². The van der Waals surface area contributed by atoms with Gasteiger partial charge in [-0.25, -0.2) is 0 Å². The van der Waals surface area contributed by atoms with Gasteiger partial charge in [0, 0.05) is 19.2 Å². The molecule has 2 rings (SSSR count). The molecule has 21 heavy (non-hydrogen) atoms. The SMILES string of the molecule is NC(=O)c1cccnc1CCNC(=O)Cc1ccccc1. The van der Waals surface area contributed by atoms with E-state index in [4.69, 9.17) is 5.73 Å². The molecule has 5 heteroatoms. The molecule has 0 aliphatic heterocycles. The van der Waals surface area contributed by atoms with Gasteiger partial charge in [-0.2, -0.15) is 0 Å². The van der Waals surface area contributed by atoms with E-state index < -0.39 is 5.91 Å². The van der Waals surface area contributed by atoms with Crippen molar-refractivity contribution in [2.24, 2.45) is 5.73 Å². The van der Waals surface area contributed by atoms with Gasteiger partial charge in [0.25, 0.3) is 5.91 Å². The molecule has 0 saturated carbocycles. The number of hydrogen-bond acceptors (Lipinski definition) is 3. The minimum atomic E-state index is -0.506. The van der Waals surface area contributed by atoms with Crippen LogP contribution in [0.2, 0.25) is 0 Å². The molecule has 0 saturated heterocycles. The molecule has 0 spiro atoms. The van der Waals surface area contributed by atoms with Crippen LogP contribution in [0.4, 0.5) is 0 Å². The second kappa shape index (κ2) is 7.19. The highest BCUT2D eigenvalue weighted by molar-refractivity contribution is 5.93. The van der Waals surface area contributed by atoms with Gasteiger partial charge in [-0.3, -0.25) is 14.6 Å². The van der Waals surface area contributed by atoms with E-state index in [0.717, 1.165) is 5.56 Å². The Morgan fingerprint density at radius 1 is 1.10 bits per heavy atom. The summed E-state index contributed by atoms with van der Waals surface area (Å²) in [5.74, 6) is -0.563. The Hall–Kier alpha value is -2.69. The van der Waals surface area contributed by atoms with E-state index in [-0.39, 0.29) is 5.91 Å². The first-order chi connectivity index (χ1) is 10.2. The topological polar surface area (TPSA) is 85.1 Å². The third kappa shape index (κ3) is 4.42. The summed E-state index contributed by atoms with van der Waals surface area (Å²) < 4.78 is 0. The number of pyridine rings is 1. The number of rotatable bonds is 6. The van der Waals surface area contributed by atoms with Crippen molar-refractivity contribution in [3.05, 3.63) is 65.5 Å². The molecule has 0 fully saturated rings. The van der Waals surface area contributed by atoms with Crippen LogP contribution in [0.25, 0.3) is 0 Å². The van der Waals surface area contributed by atoms with Gasteiger partial charge in [0.05, 0.1) is 17.7 Å². The molecule has 5 nitrogen and oxygen atoms in total. The number of hydrogen-bond donors (Lipinski definition) is 2. The van der Waals surface area contributed by atoms with Crippen LogP contribution < -0.4 is 11.1 Å². The number of nitrogens with one attached hydrogen (secondary N) is 1. The first kappa shape index (κ1) is 14.7. The lowest BCUT2D eigenvalue weighted by Gasteiger charge is -2.07. The Balaban J connectivity index is 1.84. The summed E-state index contributed by atoms with van der Waals surface area (Å²) in [4.78, 5) is 27.2. The second-order valence-electron chi connectivity index (χ2n) is 4.62. The average Bonchev–Trinajstić information content (AvgIpc) is 2.48. The zero-order valence-electron chi connectivity index (χ0n) is 11.6. The molecule has 0 bridgehead atoms. The second-order valence-corrected chi connectivity index (χ2v) is 4.62. The van der Waals surface area contributed by atoms with Gasteiger partial charge in [-0.15, -0.1) is 0 Å². The molecule has 0 unspecified atom stereocenters. The molecule has 3 N–H and O–H groups in total. The predicted molar refractivity (Wildman–Crippen MR) is 79.6 cm³/mol. The maximum absolute atomic E-state index is 11.8. The van der Waals surface area contributed by atoms with Crippen LogP contribution in [0.5, 0.6) is 0 Å². The van der Waals surface area contributed by atoms with Crippen LogP contribution in [-0.2, 0) is 17.6 Å². The van der Waals surface area contributed by atoms with Crippen LogP contribution >= 0.6 is 0 Å². The number of nitrogens with two attached hydrogens (primary N) is 1. The molecule has 1 aromatic carbocycles. The van der Waals surface area contributed by atoms with E-state index in [1.165, 1.54) is 0 Å². The Morgan fingerprint density at radius 2 is 1.86 bits per heavy atom. The maximum Gasteiger partial charge on any atom is 0.250 e. The highest BCUT2D eigenvalue weighted by Crippen LogP contribution is 2.05. The molecule has 2 amide bonds. The van der Waals surface area contributed by atoms with Crippen molar-refractivity contribution >= 4 is 11.8 Å². The molecular formula is C16H17N3O2. The lowest BCUT2D eigenvalue weighted by molar-refractivity contribution is -0.120. The van der Waals surface area contributed by atoms with E-state index >= 15 is 0 Å². The van der Waals surface area contributed by atoms with Gasteiger partial charge < -0.3 is 11.1 Å². The number of benzene rings is 1. The van der Waals surface area contributed by atoms with Crippen LogP contribution in [0.3, 0.4) is 0 Å².